The molecule has 150 valence electrons. The number of halogens is 1. The topological polar surface area (TPSA) is 58.6 Å². The molecule has 0 fully saturated rings. The number of likely N-dealkylation sites (N-methyl/N-ethyl adjacent to an activating group) is 1. The van der Waals surface area contributed by atoms with E-state index < -0.39 is 6.04 Å². The summed E-state index contributed by atoms with van der Waals surface area (Å²) < 4.78 is 5.65. The van der Waals surface area contributed by atoms with Crippen LogP contribution >= 0.6 is 11.6 Å². The van der Waals surface area contributed by atoms with E-state index >= 15 is 0 Å². The number of nitrogens with zero attached hydrogens (tertiary/aromatic N) is 1. The van der Waals surface area contributed by atoms with Gasteiger partial charge < -0.3 is 15.0 Å². The molecule has 0 bridgehead atoms. The zero-order valence-electron chi connectivity index (χ0n) is 16.8. The van der Waals surface area contributed by atoms with E-state index in [4.69, 9.17) is 16.3 Å². The molecule has 1 atom stereocenters. The van der Waals surface area contributed by atoms with Gasteiger partial charge in [0, 0.05) is 18.1 Å². The van der Waals surface area contributed by atoms with Crippen LogP contribution in [0, 0.1) is 13.8 Å². The van der Waals surface area contributed by atoms with Crippen LogP contribution in [0.4, 0.5) is 0 Å². The summed E-state index contributed by atoms with van der Waals surface area (Å²) in [5.41, 5.74) is 2.97. The first-order chi connectivity index (χ1) is 13.3. The fraction of sp³-hybridized carbons (Fsp3) is 0.364. The quantitative estimate of drug-likeness (QED) is 0.728. The van der Waals surface area contributed by atoms with E-state index in [9.17, 15) is 9.59 Å². The standard InChI is InChI=1S/C22H27ClN2O3/c1-5-24-22(27)17(4)25(13-18-8-6-15(2)7-9-18)21(26)14-28-19-10-11-20(23)16(3)12-19/h6-12,17H,5,13-14H2,1-4H3,(H,24,27)/t17-/m0/s1. The zero-order chi connectivity index (χ0) is 20.7. The van der Waals surface area contributed by atoms with Gasteiger partial charge in [-0.15, -0.1) is 0 Å². The summed E-state index contributed by atoms with van der Waals surface area (Å²) in [6.45, 7) is 8.14. The molecule has 5 nitrogen and oxygen atoms in total. The highest BCUT2D eigenvalue weighted by Crippen LogP contribution is 2.21. The lowest BCUT2D eigenvalue weighted by Gasteiger charge is -2.28. The number of ether oxygens (including phenoxy) is 1. The first-order valence-corrected chi connectivity index (χ1v) is 9.71. The number of rotatable bonds is 8. The number of benzene rings is 2. The average molecular weight is 403 g/mol. The molecule has 2 aromatic rings. The van der Waals surface area contributed by atoms with Crippen LogP contribution < -0.4 is 10.1 Å². The Morgan fingerprint density at radius 1 is 1.14 bits per heavy atom. The molecular formula is C22H27ClN2O3. The van der Waals surface area contributed by atoms with E-state index in [2.05, 4.69) is 5.32 Å². The molecule has 0 heterocycles. The fourth-order valence-electron chi connectivity index (χ4n) is 2.73. The van der Waals surface area contributed by atoms with Crippen LogP contribution in [0.15, 0.2) is 42.5 Å². The Morgan fingerprint density at radius 3 is 2.43 bits per heavy atom. The number of nitrogens with one attached hydrogen (secondary N) is 1. The lowest BCUT2D eigenvalue weighted by Crippen LogP contribution is -2.49. The van der Waals surface area contributed by atoms with Gasteiger partial charge in [0.15, 0.2) is 6.61 Å². The smallest absolute Gasteiger partial charge is 0.261 e. The molecule has 0 saturated carbocycles. The number of carbonyl (C=O) groups is 2. The van der Waals surface area contributed by atoms with Gasteiger partial charge in [-0.1, -0.05) is 41.4 Å². The third kappa shape index (κ3) is 5.99. The van der Waals surface area contributed by atoms with Crippen molar-refractivity contribution in [1.29, 1.82) is 0 Å². The molecule has 0 saturated heterocycles. The van der Waals surface area contributed by atoms with Gasteiger partial charge in [0.25, 0.3) is 5.91 Å². The van der Waals surface area contributed by atoms with E-state index in [0.717, 1.165) is 16.7 Å². The van der Waals surface area contributed by atoms with Crippen molar-refractivity contribution in [2.24, 2.45) is 0 Å². The van der Waals surface area contributed by atoms with E-state index in [0.29, 0.717) is 23.9 Å². The molecule has 2 aromatic carbocycles. The first-order valence-electron chi connectivity index (χ1n) is 9.33. The van der Waals surface area contributed by atoms with E-state index in [1.807, 2.05) is 45.0 Å². The molecular weight excluding hydrogens is 376 g/mol. The Kier molecular flexibility index (Phi) is 7.88. The Bertz CT molecular complexity index is 821. The van der Waals surface area contributed by atoms with Crippen molar-refractivity contribution >= 4 is 23.4 Å². The lowest BCUT2D eigenvalue weighted by molar-refractivity contribution is -0.142. The van der Waals surface area contributed by atoms with Crippen molar-refractivity contribution in [1.82, 2.24) is 10.2 Å². The minimum atomic E-state index is -0.607. The minimum Gasteiger partial charge on any atom is -0.484 e. The molecule has 0 spiro atoms. The van der Waals surface area contributed by atoms with Gasteiger partial charge in [0.05, 0.1) is 0 Å². The fourth-order valence-corrected chi connectivity index (χ4v) is 2.85. The predicted octanol–water partition coefficient (Wildman–Crippen LogP) is 3.89. The SMILES string of the molecule is CCNC(=O)[C@H](C)N(Cc1ccc(C)cc1)C(=O)COc1ccc(Cl)c(C)c1. The summed E-state index contributed by atoms with van der Waals surface area (Å²) >= 11 is 6.03. The van der Waals surface area contributed by atoms with Gasteiger partial charge in [-0.2, -0.15) is 0 Å². The van der Waals surface area contributed by atoms with Crippen LogP contribution in [-0.4, -0.2) is 35.9 Å². The lowest BCUT2D eigenvalue weighted by atomic mass is 10.1. The summed E-state index contributed by atoms with van der Waals surface area (Å²) in [5.74, 6) is 0.119. The highest BCUT2D eigenvalue weighted by Gasteiger charge is 2.26. The van der Waals surface area contributed by atoms with Crippen molar-refractivity contribution in [2.45, 2.75) is 40.3 Å². The van der Waals surface area contributed by atoms with E-state index in [1.54, 1.807) is 30.0 Å². The number of hydrogen-bond donors (Lipinski definition) is 1. The van der Waals surface area contributed by atoms with Crippen molar-refractivity contribution in [3.63, 3.8) is 0 Å². The molecule has 2 rings (SSSR count). The highest BCUT2D eigenvalue weighted by atomic mass is 35.5. The average Bonchev–Trinajstić information content (AvgIpc) is 2.68. The third-order valence-corrected chi connectivity index (χ3v) is 4.91. The van der Waals surface area contributed by atoms with Crippen LogP contribution in [0.25, 0.3) is 0 Å². The number of carbonyl (C=O) groups excluding carboxylic acids is 2. The Labute approximate surface area is 171 Å². The molecule has 0 radical (unpaired) electrons. The summed E-state index contributed by atoms with van der Waals surface area (Å²) in [6, 6.07) is 12.5. The van der Waals surface area contributed by atoms with Crippen molar-refractivity contribution in [3.8, 4) is 5.75 Å². The molecule has 0 aliphatic carbocycles. The molecule has 6 heteroatoms. The summed E-state index contributed by atoms with van der Waals surface area (Å²) in [6.07, 6.45) is 0. The Hall–Kier alpha value is -2.53. The molecule has 0 aliphatic heterocycles. The summed E-state index contributed by atoms with van der Waals surface area (Å²) in [7, 11) is 0. The minimum absolute atomic E-state index is 0.156. The van der Waals surface area contributed by atoms with Gasteiger partial charge in [-0.05, 0) is 57.0 Å². The third-order valence-electron chi connectivity index (χ3n) is 4.48. The number of aryl methyl sites for hydroxylation is 2. The van der Waals surface area contributed by atoms with Gasteiger partial charge >= 0.3 is 0 Å². The van der Waals surface area contributed by atoms with Gasteiger partial charge in [0.1, 0.15) is 11.8 Å². The zero-order valence-corrected chi connectivity index (χ0v) is 17.5. The second-order valence-corrected chi connectivity index (χ2v) is 7.18. The van der Waals surface area contributed by atoms with E-state index in [1.165, 1.54) is 0 Å². The largest absolute Gasteiger partial charge is 0.484 e. The van der Waals surface area contributed by atoms with Crippen molar-refractivity contribution in [2.75, 3.05) is 13.2 Å². The number of hydrogen-bond acceptors (Lipinski definition) is 3. The normalized spacial score (nSPS) is 11.6. The van der Waals surface area contributed by atoms with Crippen LogP contribution in [0.5, 0.6) is 5.75 Å². The molecule has 28 heavy (non-hydrogen) atoms. The summed E-state index contributed by atoms with van der Waals surface area (Å²) in [5, 5.41) is 3.42. The maximum absolute atomic E-state index is 12.9. The van der Waals surface area contributed by atoms with Crippen LogP contribution in [0.3, 0.4) is 0 Å². The molecule has 0 aromatic heterocycles. The maximum Gasteiger partial charge on any atom is 0.261 e. The molecule has 2 amide bonds. The highest BCUT2D eigenvalue weighted by molar-refractivity contribution is 6.31. The van der Waals surface area contributed by atoms with E-state index in [-0.39, 0.29) is 18.4 Å². The second-order valence-electron chi connectivity index (χ2n) is 6.78. The van der Waals surface area contributed by atoms with Crippen LogP contribution in [-0.2, 0) is 16.1 Å². The van der Waals surface area contributed by atoms with Gasteiger partial charge in [0.2, 0.25) is 5.91 Å². The maximum atomic E-state index is 12.9. The molecule has 0 unspecified atom stereocenters. The molecule has 1 N–H and O–H groups in total. The Morgan fingerprint density at radius 2 is 1.82 bits per heavy atom. The summed E-state index contributed by atoms with van der Waals surface area (Å²) in [4.78, 5) is 26.8. The Balaban J connectivity index is 2.13. The van der Waals surface area contributed by atoms with Crippen LogP contribution in [0.1, 0.15) is 30.5 Å². The first kappa shape index (κ1) is 21.8. The molecule has 0 aliphatic rings. The second kappa shape index (κ2) is 10.1. The number of amides is 2. The van der Waals surface area contributed by atoms with Gasteiger partial charge in [-0.3, -0.25) is 9.59 Å². The van der Waals surface area contributed by atoms with Crippen LogP contribution in [0.2, 0.25) is 5.02 Å². The monoisotopic (exact) mass is 402 g/mol. The van der Waals surface area contributed by atoms with Crippen molar-refractivity contribution in [3.05, 3.63) is 64.2 Å². The van der Waals surface area contributed by atoms with Crippen molar-refractivity contribution < 1.29 is 14.3 Å². The predicted molar refractivity (Wildman–Crippen MR) is 112 cm³/mol. The van der Waals surface area contributed by atoms with Gasteiger partial charge in [-0.25, -0.2) is 0 Å².